The topological polar surface area (TPSA) is 76.1 Å². The van der Waals surface area contributed by atoms with E-state index in [2.05, 4.69) is 17.2 Å². The van der Waals surface area contributed by atoms with E-state index < -0.39 is 9.84 Å². The van der Waals surface area contributed by atoms with E-state index in [0.717, 1.165) is 24.5 Å². The SMILES string of the molecule is CCCC1CCc2nc(NC(=O)c3ccc(CS(=O)(=O)c4ccccc4)cc3)sc2C1. The number of aromatic nitrogens is 1. The molecule has 1 aromatic heterocycles. The normalized spacial score (nSPS) is 16.0. The Kier molecular flexibility index (Phi) is 6.53. The van der Waals surface area contributed by atoms with Crippen LogP contribution in [0.25, 0.3) is 0 Å². The predicted molar refractivity (Wildman–Crippen MR) is 124 cm³/mol. The van der Waals surface area contributed by atoms with Crippen LogP contribution >= 0.6 is 11.3 Å². The second-order valence-corrected chi connectivity index (χ2v) is 11.1. The zero-order valence-electron chi connectivity index (χ0n) is 17.5. The summed E-state index contributed by atoms with van der Waals surface area (Å²) >= 11 is 1.57. The van der Waals surface area contributed by atoms with Gasteiger partial charge in [-0.2, -0.15) is 0 Å². The van der Waals surface area contributed by atoms with Crippen molar-refractivity contribution in [2.45, 2.75) is 49.7 Å². The molecule has 4 rings (SSSR count). The highest BCUT2D eigenvalue weighted by Gasteiger charge is 2.23. The van der Waals surface area contributed by atoms with Gasteiger partial charge in [0.05, 0.1) is 16.3 Å². The van der Waals surface area contributed by atoms with Crippen LogP contribution in [-0.4, -0.2) is 19.3 Å². The number of hydrogen-bond donors (Lipinski definition) is 1. The summed E-state index contributed by atoms with van der Waals surface area (Å²) in [7, 11) is -3.41. The number of carbonyl (C=O) groups is 1. The van der Waals surface area contributed by atoms with Crippen molar-refractivity contribution in [3.8, 4) is 0 Å². The van der Waals surface area contributed by atoms with Crippen LogP contribution in [-0.2, 0) is 28.4 Å². The first-order valence-electron chi connectivity index (χ1n) is 10.6. The van der Waals surface area contributed by atoms with Crippen molar-refractivity contribution in [3.63, 3.8) is 0 Å². The van der Waals surface area contributed by atoms with Crippen LogP contribution in [0.2, 0.25) is 0 Å². The van der Waals surface area contributed by atoms with Gasteiger partial charge in [-0.3, -0.25) is 10.1 Å². The molecule has 0 radical (unpaired) electrons. The number of sulfone groups is 1. The Morgan fingerprint density at radius 2 is 1.87 bits per heavy atom. The lowest BCUT2D eigenvalue weighted by molar-refractivity contribution is 0.102. The smallest absolute Gasteiger partial charge is 0.257 e. The van der Waals surface area contributed by atoms with Crippen molar-refractivity contribution in [3.05, 3.63) is 76.3 Å². The highest BCUT2D eigenvalue weighted by atomic mass is 32.2. The quantitative estimate of drug-likeness (QED) is 0.527. The maximum atomic E-state index is 12.6. The van der Waals surface area contributed by atoms with Gasteiger partial charge in [-0.25, -0.2) is 13.4 Å². The minimum absolute atomic E-state index is 0.100. The van der Waals surface area contributed by atoms with Crippen LogP contribution < -0.4 is 5.32 Å². The lowest BCUT2D eigenvalue weighted by atomic mass is 9.88. The van der Waals surface area contributed by atoms with Crippen molar-refractivity contribution < 1.29 is 13.2 Å². The number of fused-ring (bicyclic) bond motifs is 1. The summed E-state index contributed by atoms with van der Waals surface area (Å²) in [5.74, 6) is 0.395. The Labute approximate surface area is 187 Å². The summed E-state index contributed by atoms with van der Waals surface area (Å²) in [4.78, 5) is 18.9. The summed E-state index contributed by atoms with van der Waals surface area (Å²) in [5.41, 5.74) is 2.25. The van der Waals surface area contributed by atoms with E-state index in [1.807, 2.05) is 0 Å². The van der Waals surface area contributed by atoms with Crippen molar-refractivity contribution in [2.75, 3.05) is 5.32 Å². The van der Waals surface area contributed by atoms with Crippen LogP contribution in [0.5, 0.6) is 0 Å². The molecule has 31 heavy (non-hydrogen) atoms. The molecule has 3 aromatic rings. The van der Waals surface area contributed by atoms with E-state index in [9.17, 15) is 13.2 Å². The van der Waals surface area contributed by atoms with Gasteiger partial charge in [0.1, 0.15) is 0 Å². The molecule has 0 aliphatic heterocycles. The second kappa shape index (κ2) is 9.32. The van der Waals surface area contributed by atoms with Crippen molar-refractivity contribution in [1.29, 1.82) is 0 Å². The average Bonchev–Trinajstić information content (AvgIpc) is 3.16. The Bertz CT molecular complexity index is 1150. The van der Waals surface area contributed by atoms with Crippen LogP contribution in [0, 0.1) is 5.92 Å². The Balaban J connectivity index is 1.40. The zero-order chi connectivity index (χ0) is 21.8. The van der Waals surface area contributed by atoms with E-state index in [4.69, 9.17) is 0 Å². The average molecular weight is 455 g/mol. The highest BCUT2D eigenvalue weighted by molar-refractivity contribution is 7.90. The van der Waals surface area contributed by atoms with Gasteiger partial charge < -0.3 is 0 Å². The molecule has 0 bridgehead atoms. The third kappa shape index (κ3) is 5.22. The number of anilines is 1. The molecule has 7 heteroatoms. The molecule has 1 unspecified atom stereocenters. The molecule has 162 valence electrons. The number of nitrogens with one attached hydrogen (secondary N) is 1. The second-order valence-electron chi connectivity index (χ2n) is 8.01. The molecule has 0 fully saturated rings. The van der Waals surface area contributed by atoms with E-state index in [0.29, 0.717) is 21.2 Å². The molecule has 2 aromatic carbocycles. The number of nitrogens with zero attached hydrogens (tertiary/aromatic N) is 1. The predicted octanol–water partition coefficient (Wildman–Crippen LogP) is 5.27. The fraction of sp³-hybridized carbons (Fsp3) is 0.333. The van der Waals surface area contributed by atoms with Crippen LogP contribution in [0.3, 0.4) is 0 Å². The molecule has 0 spiro atoms. The summed E-state index contributed by atoms with van der Waals surface area (Å²) in [6, 6.07) is 15.1. The lowest BCUT2D eigenvalue weighted by Gasteiger charge is -2.19. The lowest BCUT2D eigenvalue weighted by Crippen LogP contribution is -2.13. The Morgan fingerprint density at radius 3 is 2.58 bits per heavy atom. The van der Waals surface area contributed by atoms with Gasteiger partial charge in [0.15, 0.2) is 15.0 Å². The number of carbonyl (C=O) groups excluding carboxylic acids is 1. The molecule has 0 saturated heterocycles. The van der Waals surface area contributed by atoms with E-state index in [1.165, 1.54) is 24.1 Å². The monoisotopic (exact) mass is 454 g/mol. The van der Waals surface area contributed by atoms with Crippen molar-refractivity contribution >= 4 is 32.2 Å². The van der Waals surface area contributed by atoms with E-state index in [1.54, 1.807) is 65.9 Å². The molecule has 1 aliphatic carbocycles. The molecule has 5 nitrogen and oxygen atoms in total. The van der Waals surface area contributed by atoms with E-state index >= 15 is 0 Å². The van der Waals surface area contributed by atoms with Gasteiger partial charge in [-0.1, -0.05) is 50.1 Å². The number of aryl methyl sites for hydroxylation is 1. The van der Waals surface area contributed by atoms with Gasteiger partial charge in [0.25, 0.3) is 5.91 Å². The largest absolute Gasteiger partial charge is 0.298 e. The van der Waals surface area contributed by atoms with Crippen molar-refractivity contribution in [1.82, 2.24) is 4.98 Å². The third-order valence-electron chi connectivity index (χ3n) is 5.63. The molecule has 1 atom stereocenters. The minimum atomic E-state index is -3.41. The summed E-state index contributed by atoms with van der Waals surface area (Å²) in [6.07, 6.45) is 5.65. The highest BCUT2D eigenvalue weighted by Crippen LogP contribution is 2.34. The zero-order valence-corrected chi connectivity index (χ0v) is 19.1. The number of thiazole rings is 1. The summed E-state index contributed by atoms with van der Waals surface area (Å²) in [6.45, 7) is 2.22. The van der Waals surface area contributed by atoms with E-state index in [-0.39, 0.29) is 11.7 Å². The molecular formula is C24H26N2O3S2. The first-order valence-corrected chi connectivity index (χ1v) is 13.1. The number of benzene rings is 2. The van der Waals surface area contributed by atoms with Gasteiger partial charge in [-0.05, 0) is 55.0 Å². The third-order valence-corrected chi connectivity index (χ3v) is 8.37. The number of hydrogen-bond acceptors (Lipinski definition) is 5. The molecule has 1 aliphatic rings. The van der Waals surface area contributed by atoms with Gasteiger partial charge in [0, 0.05) is 10.4 Å². The van der Waals surface area contributed by atoms with Crippen LogP contribution in [0.4, 0.5) is 5.13 Å². The standard InChI is InChI=1S/C24H26N2O3S2/c1-2-6-17-11-14-21-22(15-17)30-24(25-21)26-23(27)19-12-9-18(10-13-19)16-31(28,29)20-7-4-3-5-8-20/h3-5,7-10,12-13,17H,2,6,11,14-16H2,1H3,(H,25,26,27). The maximum Gasteiger partial charge on any atom is 0.257 e. The van der Waals surface area contributed by atoms with Gasteiger partial charge in [-0.15, -0.1) is 11.3 Å². The number of amides is 1. The van der Waals surface area contributed by atoms with Crippen LogP contribution in [0.15, 0.2) is 59.5 Å². The summed E-state index contributed by atoms with van der Waals surface area (Å²) in [5, 5.41) is 3.55. The molecule has 1 amide bonds. The van der Waals surface area contributed by atoms with Gasteiger partial charge >= 0.3 is 0 Å². The van der Waals surface area contributed by atoms with Gasteiger partial charge in [0.2, 0.25) is 0 Å². The Hall–Kier alpha value is -2.51. The molecule has 1 N–H and O–H groups in total. The minimum Gasteiger partial charge on any atom is -0.298 e. The molecule has 0 saturated carbocycles. The Morgan fingerprint density at radius 1 is 1.13 bits per heavy atom. The van der Waals surface area contributed by atoms with Crippen LogP contribution in [0.1, 0.15) is 52.7 Å². The first-order chi connectivity index (χ1) is 14.9. The fourth-order valence-electron chi connectivity index (χ4n) is 4.00. The fourth-order valence-corrected chi connectivity index (χ4v) is 6.49. The number of rotatable bonds is 7. The maximum absolute atomic E-state index is 12.6. The first kappa shape index (κ1) is 21.7. The molecular weight excluding hydrogens is 428 g/mol. The summed E-state index contributed by atoms with van der Waals surface area (Å²) < 4.78 is 25.1. The molecule has 1 heterocycles. The van der Waals surface area contributed by atoms with Crippen molar-refractivity contribution in [2.24, 2.45) is 5.92 Å².